The highest BCUT2D eigenvalue weighted by atomic mass is 32.1. The van der Waals surface area contributed by atoms with Crippen LogP contribution in [0.5, 0.6) is 5.75 Å². The van der Waals surface area contributed by atoms with Gasteiger partial charge in [0.15, 0.2) is 0 Å². The number of aromatic nitrogens is 1. The molecule has 2 rings (SSSR count). The lowest BCUT2D eigenvalue weighted by atomic mass is 10.1. The molecule has 4 heteroatoms. The second kappa shape index (κ2) is 5.19. The number of hydrogen-bond donors (Lipinski definition) is 0. The first-order valence-corrected chi connectivity index (χ1v) is 6.48. The van der Waals surface area contributed by atoms with E-state index in [9.17, 15) is 0 Å². The van der Waals surface area contributed by atoms with Gasteiger partial charge < -0.3 is 4.74 Å². The maximum absolute atomic E-state index is 8.88. The summed E-state index contributed by atoms with van der Waals surface area (Å²) >= 11 is 1.39. The molecule has 1 aromatic heterocycles. The Labute approximate surface area is 111 Å². The predicted molar refractivity (Wildman–Crippen MR) is 71.8 cm³/mol. The summed E-state index contributed by atoms with van der Waals surface area (Å²) in [6, 6.07) is 8.25. The van der Waals surface area contributed by atoms with E-state index in [2.05, 4.69) is 17.1 Å². The molecule has 0 aliphatic carbocycles. The average Bonchev–Trinajstić information content (AvgIpc) is 2.71. The van der Waals surface area contributed by atoms with Gasteiger partial charge in [-0.3, -0.25) is 0 Å². The molecule has 0 spiro atoms. The van der Waals surface area contributed by atoms with Gasteiger partial charge in [0.2, 0.25) is 0 Å². The highest BCUT2D eigenvalue weighted by molar-refractivity contribution is 7.12. The van der Waals surface area contributed by atoms with Crippen molar-refractivity contribution in [2.24, 2.45) is 0 Å². The quantitative estimate of drug-likeness (QED) is 0.846. The fourth-order valence-corrected chi connectivity index (χ4v) is 2.40. The topological polar surface area (TPSA) is 45.9 Å². The molecule has 0 aliphatic rings. The lowest BCUT2D eigenvalue weighted by molar-refractivity contribution is 0.303. The van der Waals surface area contributed by atoms with Crippen LogP contribution in [-0.4, -0.2) is 4.98 Å². The van der Waals surface area contributed by atoms with Gasteiger partial charge in [-0.1, -0.05) is 12.1 Å². The van der Waals surface area contributed by atoms with E-state index >= 15 is 0 Å². The first-order valence-electron chi connectivity index (χ1n) is 5.66. The zero-order valence-electron chi connectivity index (χ0n) is 10.7. The Morgan fingerprint density at radius 2 is 2.11 bits per heavy atom. The monoisotopic (exact) mass is 258 g/mol. The molecule has 0 unspecified atom stereocenters. The smallest absolute Gasteiger partial charge is 0.140 e. The van der Waals surface area contributed by atoms with Crippen molar-refractivity contribution in [3.05, 3.63) is 44.9 Å². The molecule has 0 N–H and O–H groups in total. The van der Waals surface area contributed by atoms with Crippen LogP contribution in [0.3, 0.4) is 0 Å². The van der Waals surface area contributed by atoms with Crippen molar-refractivity contribution in [1.82, 2.24) is 4.98 Å². The van der Waals surface area contributed by atoms with E-state index in [1.807, 2.05) is 32.9 Å². The van der Waals surface area contributed by atoms with Gasteiger partial charge in [0.1, 0.15) is 28.3 Å². The number of thiazole rings is 1. The normalized spacial score (nSPS) is 10.1. The molecule has 0 radical (unpaired) electrons. The molecule has 18 heavy (non-hydrogen) atoms. The summed E-state index contributed by atoms with van der Waals surface area (Å²) in [6.07, 6.45) is 0. The maximum Gasteiger partial charge on any atom is 0.140 e. The van der Waals surface area contributed by atoms with Crippen molar-refractivity contribution in [3.8, 4) is 11.8 Å². The molecule has 0 saturated carbocycles. The van der Waals surface area contributed by atoms with Crippen molar-refractivity contribution in [1.29, 1.82) is 5.26 Å². The zero-order chi connectivity index (χ0) is 13.1. The molecular weight excluding hydrogens is 244 g/mol. The predicted octanol–water partition coefficient (Wildman–Crippen LogP) is 3.52. The summed E-state index contributed by atoms with van der Waals surface area (Å²) in [5.41, 5.74) is 3.06. The minimum Gasteiger partial charge on any atom is -0.486 e. The first kappa shape index (κ1) is 12.6. The summed E-state index contributed by atoms with van der Waals surface area (Å²) in [7, 11) is 0. The van der Waals surface area contributed by atoms with Crippen LogP contribution in [0, 0.1) is 32.1 Å². The lowest BCUT2D eigenvalue weighted by Crippen LogP contribution is -1.97. The molecule has 0 fully saturated rings. The Kier molecular flexibility index (Phi) is 3.63. The Morgan fingerprint density at radius 3 is 2.78 bits per heavy atom. The third-order valence-electron chi connectivity index (χ3n) is 2.64. The van der Waals surface area contributed by atoms with Crippen LogP contribution >= 0.6 is 11.3 Å². The van der Waals surface area contributed by atoms with Crippen LogP contribution in [-0.2, 0) is 6.61 Å². The number of rotatable bonds is 3. The summed E-state index contributed by atoms with van der Waals surface area (Å²) in [4.78, 5) is 4.98. The van der Waals surface area contributed by atoms with E-state index in [4.69, 9.17) is 10.00 Å². The number of nitrogens with zero attached hydrogens (tertiary/aromatic N) is 2. The minimum atomic E-state index is 0.414. The van der Waals surface area contributed by atoms with E-state index in [-0.39, 0.29) is 0 Å². The summed E-state index contributed by atoms with van der Waals surface area (Å²) in [5, 5.41) is 9.72. The van der Waals surface area contributed by atoms with Crippen molar-refractivity contribution in [3.63, 3.8) is 0 Å². The summed E-state index contributed by atoms with van der Waals surface area (Å²) < 4.78 is 5.75. The van der Waals surface area contributed by atoms with Gasteiger partial charge in [-0.05, 0) is 38.0 Å². The van der Waals surface area contributed by atoms with Gasteiger partial charge in [0.05, 0.1) is 5.69 Å². The number of nitriles is 1. The summed E-state index contributed by atoms with van der Waals surface area (Å²) in [6.45, 7) is 6.31. The number of aryl methyl sites for hydroxylation is 3. The molecule has 3 nitrogen and oxygen atoms in total. The van der Waals surface area contributed by atoms with Gasteiger partial charge in [-0.2, -0.15) is 5.26 Å². The Bertz CT molecular complexity index is 611. The second-order valence-electron chi connectivity index (χ2n) is 4.19. The fraction of sp³-hybridized carbons (Fsp3) is 0.286. The summed E-state index contributed by atoms with van der Waals surface area (Å²) in [5.74, 6) is 0.876. The Morgan fingerprint density at radius 1 is 1.33 bits per heavy atom. The van der Waals surface area contributed by atoms with E-state index in [1.165, 1.54) is 16.9 Å². The number of ether oxygens (including phenoxy) is 1. The highest BCUT2D eigenvalue weighted by Crippen LogP contribution is 2.22. The van der Waals surface area contributed by atoms with Crippen LogP contribution < -0.4 is 4.74 Å². The van der Waals surface area contributed by atoms with Gasteiger partial charge >= 0.3 is 0 Å². The molecule has 0 saturated heterocycles. The van der Waals surface area contributed by atoms with Crippen molar-refractivity contribution in [2.45, 2.75) is 27.4 Å². The Hall–Kier alpha value is -1.86. The molecule has 0 atom stereocenters. The van der Waals surface area contributed by atoms with Gasteiger partial charge in [0, 0.05) is 0 Å². The van der Waals surface area contributed by atoms with Crippen LogP contribution in [0.4, 0.5) is 0 Å². The molecule has 0 bridgehead atoms. The van der Waals surface area contributed by atoms with Crippen molar-refractivity contribution in [2.75, 3.05) is 0 Å². The zero-order valence-corrected chi connectivity index (χ0v) is 11.5. The van der Waals surface area contributed by atoms with Crippen LogP contribution in [0.25, 0.3) is 0 Å². The number of benzene rings is 1. The molecule has 0 aliphatic heterocycles. The average molecular weight is 258 g/mol. The third-order valence-corrected chi connectivity index (χ3v) is 3.67. The molecule has 92 valence electrons. The largest absolute Gasteiger partial charge is 0.486 e. The van der Waals surface area contributed by atoms with Crippen LogP contribution in [0.15, 0.2) is 18.2 Å². The van der Waals surface area contributed by atoms with E-state index < -0.39 is 0 Å². The van der Waals surface area contributed by atoms with Gasteiger partial charge in [-0.25, -0.2) is 4.98 Å². The lowest BCUT2D eigenvalue weighted by Gasteiger charge is -2.08. The third kappa shape index (κ3) is 2.69. The molecule has 1 heterocycles. The van der Waals surface area contributed by atoms with Crippen molar-refractivity contribution >= 4 is 11.3 Å². The van der Waals surface area contributed by atoms with E-state index in [1.54, 1.807) is 0 Å². The fourth-order valence-electron chi connectivity index (χ4n) is 1.62. The van der Waals surface area contributed by atoms with Gasteiger partial charge in [-0.15, -0.1) is 11.3 Å². The SMILES string of the molecule is Cc1ccc(C)c(OCc2nc(C)c(C#N)s2)c1. The molecule has 1 aromatic carbocycles. The molecule has 0 amide bonds. The molecule has 2 aromatic rings. The first-order chi connectivity index (χ1) is 8.60. The van der Waals surface area contributed by atoms with E-state index in [0.717, 1.165) is 22.0 Å². The Balaban J connectivity index is 2.11. The van der Waals surface area contributed by atoms with Crippen LogP contribution in [0.2, 0.25) is 0 Å². The standard InChI is InChI=1S/C14H14N2OS/c1-9-4-5-10(2)12(6-9)17-8-14-16-11(3)13(7-15)18-14/h4-6H,8H2,1-3H3. The highest BCUT2D eigenvalue weighted by Gasteiger charge is 2.08. The number of hydrogen-bond acceptors (Lipinski definition) is 4. The van der Waals surface area contributed by atoms with Crippen LogP contribution in [0.1, 0.15) is 26.7 Å². The van der Waals surface area contributed by atoms with Crippen molar-refractivity contribution < 1.29 is 4.74 Å². The minimum absolute atomic E-state index is 0.414. The van der Waals surface area contributed by atoms with Gasteiger partial charge in [0.25, 0.3) is 0 Å². The second-order valence-corrected chi connectivity index (χ2v) is 5.28. The maximum atomic E-state index is 8.88. The van der Waals surface area contributed by atoms with E-state index in [0.29, 0.717) is 11.5 Å². The molecular formula is C14H14N2OS.